The minimum Gasteiger partial charge on any atom is -0.326 e. The fraction of sp³-hybridized carbons (Fsp3) is 0.353. The van der Waals surface area contributed by atoms with Crippen LogP contribution in [0.25, 0.3) is 0 Å². The molecule has 0 saturated heterocycles. The van der Waals surface area contributed by atoms with Crippen LogP contribution in [0.15, 0.2) is 40.3 Å². The van der Waals surface area contributed by atoms with Gasteiger partial charge in [0.2, 0.25) is 5.91 Å². The third-order valence-electron chi connectivity index (χ3n) is 3.75. The summed E-state index contributed by atoms with van der Waals surface area (Å²) in [7, 11) is 0. The number of carbonyl (C=O) groups is 1. The second kappa shape index (κ2) is 7.97. The predicted molar refractivity (Wildman–Crippen MR) is 93.9 cm³/mol. The van der Waals surface area contributed by atoms with Gasteiger partial charge in [0.05, 0.1) is 0 Å². The number of hydrogen-bond donors (Lipinski definition) is 2. The summed E-state index contributed by atoms with van der Waals surface area (Å²) in [5.41, 5.74) is 1.87. The van der Waals surface area contributed by atoms with Gasteiger partial charge in [-0.15, -0.1) is 0 Å². The van der Waals surface area contributed by atoms with Crippen LogP contribution in [0.3, 0.4) is 0 Å². The molecule has 2 N–H and O–H groups in total. The summed E-state index contributed by atoms with van der Waals surface area (Å²) in [6.45, 7) is 3.76. The van der Waals surface area contributed by atoms with Crippen molar-refractivity contribution in [3.63, 3.8) is 0 Å². The van der Waals surface area contributed by atoms with Crippen LogP contribution in [0.1, 0.15) is 24.6 Å². The smallest absolute Gasteiger partial charge is 0.254 e. The van der Waals surface area contributed by atoms with Crippen LogP contribution in [0.4, 0.5) is 5.69 Å². The number of nitrogens with zero attached hydrogens (tertiary/aromatic N) is 1. The van der Waals surface area contributed by atoms with Gasteiger partial charge in [-0.1, -0.05) is 36.9 Å². The number of aromatic amines is 1. The molecule has 6 heteroatoms. The van der Waals surface area contributed by atoms with Crippen LogP contribution in [-0.4, -0.2) is 22.1 Å². The molecule has 1 aromatic heterocycles. The molecule has 0 spiro atoms. The highest BCUT2D eigenvalue weighted by Crippen LogP contribution is 2.16. The molecule has 2 aromatic rings. The van der Waals surface area contributed by atoms with Crippen LogP contribution in [0.2, 0.25) is 0 Å². The third-order valence-corrected chi connectivity index (χ3v) is 4.33. The molecule has 5 nitrogen and oxygen atoms in total. The summed E-state index contributed by atoms with van der Waals surface area (Å²) in [6.07, 6.45) is 2.90. The van der Waals surface area contributed by atoms with E-state index in [1.54, 1.807) is 0 Å². The molecule has 1 heterocycles. The first kappa shape index (κ1) is 17.3. The Hall–Kier alpha value is -2.08. The van der Waals surface area contributed by atoms with Crippen LogP contribution in [0.5, 0.6) is 0 Å². The zero-order valence-corrected chi connectivity index (χ0v) is 14.4. The van der Waals surface area contributed by atoms with Crippen LogP contribution < -0.4 is 10.9 Å². The van der Waals surface area contributed by atoms with E-state index in [4.69, 9.17) is 0 Å². The monoisotopic (exact) mass is 331 g/mol. The predicted octanol–water partition coefficient (Wildman–Crippen LogP) is 3.01. The van der Waals surface area contributed by atoms with E-state index in [9.17, 15) is 9.59 Å². The van der Waals surface area contributed by atoms with Crippen LogP contribution in [-0.2, 0) is 11.2 Å². The number of amides is 1. The van der Waals surface area contributed by atoms with Crippen molar-refractivity contribution >= 4 is 23.4 Å². The Morgan fingerprint density at radius 3 is 2.61 bits per heavy atom. The van der Waals surface area contributed by atoms with Gasteiger partial charge >= 0.3 is 0 Å². The highest BCUT2D eigenvalue weighted by Gasteiger charge is 2.20. The summed E-state index contributed by atoms with van der Waals surface area (Å²) in [4.78, 5) is 31.8. The number of benzene rings is 1. The van der Waals surface area contributed by atoms with Crippen molar-refractivity contribution < 1.29 is 4.79 Å². The number of anilines is 1. The first-order valence-electron chi connectivity index (χ1n) is 7.54. The molecule has 1 unspecified atom stereocenters. The molecule has 2 rings (SSSR count). The lowest BCUT2D eigenvalue weighted by molar-refractivity contribution is -0.119. The van der Waals surface area contributed by atoms with Crippen molar-refractivity contribution in [2.45, 2.75) is 31.8 Å². The molecule has 1 atom stereocenters. The zero-order chi connectivity index (χ0) is 16.8. The highest BCUT2D eigenvalue weighted by molar-refractivity contribution is 7.98. The maximum Gasteiger partial charge on any atom is 0.254 e. The second-order valence-electron chi connectivity index (χ2n) is 5.30. The summed E-state index contributed by atoms with van der Waals surface area (Å²) in [5, 5.41) is 3.49. The summed E-state index contributed by atoms with van der Waals surface area (Å²) < 4.78 is 0. The van der Waals surface area contributed by atoms with Crippen molar-refractivity contribution in [1.29, 1.82) is 0 Å². The van der Waals surface area contributed by atoms with E-state index < -0.39 is 0 Å². The Bertz CT molecular complexity index is 728. The van der Waals surface area contributed by atoms with E-state index in [1.165, 1.54) is 11.8 Å². The van der Waals surface area contributed by atoms with Gasteiger partial charge in [-0.3, -0.25) is 9.59 Å². The highest BCUT2D eigenvalue weighted by atomic mass is 32.2. The summed E-state index contributed by atoms with van der Waals surface area (Å²) in [5.74, 6) is -0.344. The molecule has 0 aliphatic carbocycles. The average molecular weight is 331 g/mol. The lowest BCUT2D eigenvalue weighted by atomic mass is 9.96. The maximum absolute atomic E-state index is 12.4. The van der Waals surface area contributed by atoms with Gasteiger partial charge in [-0.25, -0.2) is 4.98 Å². The number of aryl methyl sites for hydroxylation is 1. The lowest BCUT2D eigenvalue weighted by Crippen LogP contribution is -2.28. The number of para-hydroxylation sites is 1. The van der Waals surface area contributed by atoms with Gasteiger partial charge in [0, 0.05) is 22.9 Å². The largest absolute Gasteiger partial charge is 0.326 e. The fourth-order valence-electron chi connectivity index (χ4n) is 2.36. The van der Waals surface area contributed by atoms with Gasteiger partial charge in [0.1, 0.15) is 0 Å². The van der Waals surface area contributed by atoms with Gasteiger partial charge in [-0.05, 0) is 38.2 Å². The van der Waals surface area contributed by atoms with Gasteiger partial charge in [0.25, 0.3) is 5.56 Å². The average Bonchev–Trinajstić information content (AvgIpc) is 2.55. The Labute approximate surface area is 139 Å². The maximum atomic E-state index is 12.4. The van der Waals surface area contributed by atoms with Gasteiger partial charge in [0.15, 0.2) is 5.16 Å². The quantitative estimate of drug-likeness (QED) is 0.630. The van der Waals surface area contributed by atoms with Crippen LogP contribution >= 0.6 is 11.8 Å². The molecular formula is C17H21N3O2S. The normalized spacial score (nSPS) is 12.0. The van der Waals surface area contributed by atoms with Crippen molar-refractivity contribution in [1.82, 2.24) is 9.97 Å². The number of nitrogens with one attached hydrogen (secondary N) is 2. The topological polar surface area (TPSA) is 74.8 Å². The van der Waals surface area contributed by atoms with E-state index in [2.05, 4.69) is 15.3 Å². The summed E-state index contributed by atoms with van der Waals surface area (Å²) >= 11 is 1.39. The van der Waals surface area contributed by atoms with E-state index in [-0.39, 0.29) is 17.4 Å². The summed E-state index contributed by atoms with van der Waals surface area (Å²) in [6, 6.07) is 9.33. The van der Waals surface area contributed by atoms with E-state index in [0.717, 1.165) is 5.69 Å². The molecule has 1 aromatic carbocycles. The van der Waals surface area contributed by atoms with Crippen molar-refractivity contribution in [3.05, 3.63) is 51.9 Å². The first-order valence-corrected chi connectivity index (χ1v) is 8.77. The molecule has 0 aliphatic rings. The minimum absolute atomic E-state index is 0.0774. The molecular weight excluding hydrogens is 310 g/mol. The first-order chi connectivity index (χ1) is 11.0. The SMILES string of the molecule is CCC(Cc1c(C)nc(SC)[nH]c1=O)C(=O)Nc1ccccc1. The van der Waals surface area contributed by atoms with Gasteiger partial charge < -0.3 is 10.3 Å². The number of thioether (sulfide) groups is 1. The zero-order valence-electron chi connectivity index (χ0n) is 13.6. The molecule has 122 valence electrons. The molecule has 0 saturated carbocycles. The van der Waals surface area contributed by atoms with Gasteiger partial charge in [-0.2, -0.15) is 0 Å². The van der Waals surface area contributed by atoms with E-state index in [1.807, 2.05) is 50.4 Å². The van der Waals surface area contributed by atoms with E-state index >= 15 is 0 Å². The fourth-order valence-corrected chi connectivity index (χ4v) is 2.78. The number of hydrogen-bond acceptors (Lipinski definition) is 4. The Morgan fingerprint density at radius 2 is 2.04 bits per heavy atom. The standard InChI is InChI=1S/C17H21N3O2S/c1-4-12(15(21)19-13-8-6-5-7-9-13)10-14-11(2)18-17(23-3)20-16(14)22/h5-9,12H,4,10H2,1-3H3,(H,19,21)(H,18,20,22). The number of aromatic nitrogens is 2. The Kier molecular flexibility index (Phi) is 5.98. The Balaban J connectivity index is 2.16. The van der Waals surface area contributed by atoms with Crippen molar-refractivity contribution in [2.75, 3.05) is 11.6 Å². The molecule has 0 aliphatic heterocycles. The molecule has 1 amide bonds. The molecule has 23 heavy (non-hydrogen) atoms. The molecule has 0 radical (unpaired) electrons. The Morgan fingerprint density at radius 1 is 1.35 bits per heavy atom. The lowest BCUT2D eigenvalue weighted by Gasteiger charge is -2.16. The minimum atomic E-state index is -0.267. The molecule has 0 bridgehead atoms. The second-order valence-corrected chi connectivity index (χ2v) is 6.10. The molecule has 0 fully saturated rings. The number of carbonyl (C=O) groups excluding carboxylic acids is 1. The van der Waals surface area contributed by atoms with E-state index in [0.29, 0.717) is 29.3 Å². The van der Waals surface area contributed by atoms with Crippen molar-refractivity contribution in [3.8, 4) is 0 Å². The number of H-pyrrole nitrogens is 1. The van der Waals surface area contributed by atoms with Crippen molar-refractivity contribution in [2.24, 2.45) is 5.92 Å². The third kappa shape index (κ3) is 4.45. The van der Waals surface area contributed by atoms with Crippen LogP contribution in [0, 0.1) is 12.8 Å². The number of rotatable bonds is 6.